The highest BCUT2D eigenvalue weighted by Crippen LogP contribution is 2.25. The van der Waals surface area contributed by atoms with E-state index in [0.29, 0.717) is 6.04 Å². The Balaban J connectivity index is 2.14. The van der Waals surface area contributed by atoms with Crippen LogP contribution in [0.15, 0.2) is 10.7 Å². The van der Waals surface area contributed by atoms with Crippen LogP contribution in [0.3, 0.4) is 0 Å². The molecule has 0 radical (unpaired) electrons. The van der Waals surface area contributed by atoms with Crippen molar-refractivity contribution in [1.82, 2.24) is 4.90 Å². The number of carbonyl (C=O) groups is 1. The first-order valence-electron chi connectivity index (χ1n) is 6.43. The molecule has 1 aromatic heterocycles. The van der Waals surface area contributed by atoms with Gasteiger partial charge in [-0.25, -0.2) is 0 Å². The molecule has 17 heavy (non-hydrogen) atoms. The van der Waals surface area contributed by atoms with E-state index < -0.39 is 0 Å². The minimum absolute atomic E-state index is 0.112. The number of aryl methyl sites for hydroxylation is 2. The van der Waals surface area contributed by atoms with Crippen molar-refractivity contribution in [3.63, 3.8) is 0 Å². The molecule has 0 saturated heterocycles. The summed E-state index contributed by atoms with van der Waals surface area (Å²) in [6.45, 7) is 3.79. The Morgan fingerprint density at radius 2 is 1.94 bits per heavy atom. The fourth-order valence-corrected chi connectivity index (χ4v) is 2.70. The third kappa shape index (κ3) is 2.38. The Morgan fingerprint density at radius 1 is 1.29 bits per heavy atom. The Hall–Kier alpha value is -1.25. The first-order valence-corrected chi connectivity index (χ1v) is 6.43. The van der Waals surface area contributed by atoms with E-state index in [4.69, 9.17) is 4.42 Å². The predicted octanol–water partition coefficient (Wildman–Crippen LogP) is 3.30. The summed E-state index contributed by atoms with van der Waals surface area (Å²) in [5, 5.41) is 0. The van der Waals surface area contributed by atoms with E-state index in [9.17, 15) is 4.79 Å². The van der Waals surface area contributed by atoms with Crippen LogP contribution >= 0.6 is 0 Å². The van der Waals surface area contributed by atoms with Crippen LogP contribution in [0.4, 0.5) is 0 Å². The predicted molar refractivity (Wildman–Crippen MR) is 67.1 cm³/mol. The fraction of sp³-hybridized carbons (Fsp3) is 0.643. The van der Waals surface area contributed by atoms with Gasteiger partial charge in [0.05, 0.1) is 11.8 Å². The minimum atomic E-state index is 0.112. The summed E-state index contributed by atoms with van der Waals surface area (Å²) in [7, 11) is 1.92. The summed E-state index contributed by atoms with van der Waals surface area (Å²) in [6.07, 6.45) is 7.73. The zero-order valence-corrected chi connectivity index (χ0v) is 11.0. The monoisotopic (exact) mass is 235 g/mol. The van der Waals surface area contributed by atoms with Crippen LogP contribution in [-0.4, -0.2) is 23.9 Å². The SMILES string of the molecule is Cc1coc(C)c1C(=O)N(C)C1CCCCC1. The minimum Gasteiger partial charge on any atom is -0.469 e. The molecule has 0 aliphatic heterocycles. The first kappa shape index (κ1) is 12.2. The zero-order chi connectivity index (χ0) is 12.4. The molecule has 3 heteroatoms. The van der Waals surface area contributed by atoms with Gasteiger partial charge in [-0.05, 0) is 26.7 Å². The van der Waals surface area contributed by atoms with Gasteiger partial charge in [-0.1, -0.05) is 19.3 Å². The Labute approximate surface area is 103 Å². The van der Waals surface area contributed by atoms with E-state index in [1.807, 2.05) is 25.8 Å². The number of furan rings is 1. The number of rotatable bonds is 2. The lowest BCUT2D eigenvalue weighted by molar-refractivity contribution is 0.0694. The normalized spacial score (nSPS) is 17.1. The molecule has 0 N–H and O–H groups in total. The van der Waals surface area contributed by atoms with Crippen molar-refractivity contribution in [3.8, 4) is 0 Å². The molecule has 1 saturated carbocycles. The highest BCUT2D eigenvalue weighted by molar-refractivity contribution is 5.96. The molecular formula is C14H21NO2. The van der Waals surface area contributed by atoms with Gasteiger partial charge < -0.3 is 9.32 Å². The van der Waals surface area contributed by atoms with Gasteiger partial charge in [-0.2, -0.15) is 0 Å². The molecule has 1 aliphatic rings. The molecule has 2 rings (SSSR count). The molecular weight excluding hydrogens is 214 g/mol. The lowest BCUT2D eigenvalue weighted by Gasteiger charge is -2.31. The Morgan fingerprint density at radius 3 is 2.47 bits per heavy atom. The molecule has 1 amide bonds. The number of nitrogens with zero attached hydrogens (tertiary/aromatic N) is 1. The van der Waals surface area contributed by atoms with Crippen LogP contribution in [0.25, 0.3) is 0 Å². The Kier molecular flexibility index (Phi) is 3.55. The second kappa shape index (κ2) is 4.94. The average Bonchev–Trinajstić information content (AvgIpc) is 2.68. The van der Waals surface area contributed by atoms with E-state index in [2.05, 4.69) is 0 Å². The molecule has 0 aromatic carbocycles. The maximum Gasteiger partial charge on any atom is 0.257 e. The van der Waals surface area contributed by atoms with Gasteiger partial charge in [0, 0.05) is 18.7 Å². The van der Waals surface area contributed by atoms with Gasteiger partial charge in [-0.15, -0.1) is 0 Å². The molecule has 1 aliphatic carbocycles. The zero-order valence-electron chi connectivity index (χ0n) is 11.0. The van der Waals surface area contributed by atoms with Crippen molar-refractivity contribution in [3.05, 3.63) is 23.2 Å². The van der Waals surface area contributed by atoms with E-state index >= 15 is 0 Å². The van der Waals surface area contributed by atoms with E-state index in [1.165, 1.54) is 19.3 Å². The molecule has 1 fully saturated rings. The van der Waals surface area contributed by atoms with Gasteiger partial charge >= 0.3 is 0 Å². The molecule has 0 unspecified atom stereocenters. The van der Waals surface area contributed by atoms with Gasteiger partial charge in [0.15, 0.2) is 0 Å². The Bertz CT molecular complexity index is 383. The smallest absolute Gasteiger partial charge is 0.257 e. The molecule has 0 spiro atoms. The van der Waals surface area contributed by atoms with Gasteiger partial charge in [0.2, 0.25) is 0 Å². The highest BCUT2D eigenvalue weighted by Gasteiger charge is 2.26. The average molecular weight is 235 g/mol. The topological polar surface area (TPSA) is 33.5 Å². The molecule has 0 atom stereocenters. The highest BCUT2D eigenvalue weighted by atomic mass is 16.3. The van der Waals surface area contributed by atoms with E-state index in [0.717, 1.165) is 29.7 Å². The van der Waals surface area contributed by atoms with Crippen LogP contribution in [0.2, 0.25) is 0 Å². The second-order valence-electron chi connectivity index (χ2n) is 5.06. The molecule has 3 nitrogen and oxygen atoms in total. The number of amides is 1. The molecule has 0 bridgehead atoms. The van der Waals surface area contributed by atoms with E-state index in [1.54, 1.807) is 6.26 Å². The van der Waals surface area contributed by atoms with Gasteiger partial charge in [0.25, 0.3) is 5.91 Å². The van der Waals surface area contributed by atoms with Crippen molar-refractivity contribution in [2.24, 2.45) is 0 Å². The summed E-state index contributed by atoms with van der Waals surface area (Å²) in [4.78, 5) is 14.3. The summed E-state index contributed by atoms with van der Waals surface area (Å²) in [5.74, 6) is 0.843. The van der Waals surface area contributed by atoms with Crippen molar-refractivity contribution in [1.29, 1.82) is 0 Å². The summed E-state index contributed by atoms with van der Waals surface area (Å²) < 4.78 is 5.31. The fourth-order valence-electron chi connectivity index (χ4n) is 2.70. The molecule has 1 heterocycles. The maximum atomic E-state index is 12.4. The lowest BCUT2D eigenvalue weighted by Crippen LogP contribution is -2.38. The van der Waals surface area contributed by atoms with Crippen LogP contribution in [-0.2, 0) is 0 Å². The summed E-state index contributed by atoms with van der Waals surface area (Å²) >= 11 is 0. The van der Waals surface area contributed by atoms with Crippen LogP contribution in [0.1, 0.15) is 53.8 Å². The lowest BCUT2D eigenvalue weighted by atomic mass is 9.94. The maximum absolute atomic E-state index is 12.4. The van der Waals surface area contributed by atoms with Crippen molar-refractivity contribution in [2.75, 3.05) is 7.05 Å². The van der Waals surface area contributed by atoms with Crippen LogP contribution in [0, 0.1) is 13.8 Å². The number of hydrogen-bond acceptors (Lipinski definition) is 2. The quantitative estimate of drug-likeness (QED) is 0.788. The van der Waals surface area contributed by atoms with Crippen molar-refractivity contribution in [2.45, 2.75) is 52.0 Å². The van der Waals surface area contributed by atoms with Crippen LogP contribution in [0.5, 0.6) is 0 Å². The molecule has 1 aromatic rings. The second-order valence-corrected chi connectivity index (χ2v) is 5.06. The summed E-state index contributed by atoms with van der Waals surface area (Å²) in [5.41, 5.74) is 1.69. The van der Waals surface area contributed by atoms with Crippen LogP contribution < -0.4 is 0 Å². The van der Waals surface area contributed by atoms with Crippen molar-refractivity contribution >= 4 is 5.91 Å². The summed E-state index contributed by atoms with van der Waals surface area (Å²) in [6, 6.07) is 0.407. The number of carbonyl (C=O) groups excluding carboxylic acids is 1. The third-order valence-corrected chi connectivity index (χ3v) is 3.82. The molecule has 94 valence electrons. The largest absolute Gasteiger partial charge is 0.469 e. The third-order valence-electron chi connectivity index (χ3n) is 3.82. The first-order chi connectivity index (χ1) is 8.11. The van der Waals surface area contributed by atoms with E-state index in [-0.39, 0.29) is 5.91 Å². The van der Waals surface area contributed by atoms with Gasteiger partial charge in [-0.3, -0.25) is 4.79 Å². The van der Waals surface area contributed by atoms with Crippen molar-refractivity contribution < 1.29 is 9.21 Å². The standard InChI is InChI=1S/C14H21NO2/c1-10-9-17-11(2)13(10)14(16)15(3)12-7-5-4-6-8-12/h9,12H,4-8H2,1-3H3. The van der Waals surface area contributed by atoms with Gasteiger partial charge in [0.1, 0.15) is 5.76 Å². The number of hydrogen-bond donors (Lipinski definition) is 0.